The van der Waals surface area contributed by atoms with Gasteiger partial charge in [0.05, 0.1) is 0 Å². The van der Waals surface area contributed by atoms with Gasteiger partial charge >= 0.3 is 0 Å². The van der Waals surface area contributed by atoms with Gasteiger partial charge in [0.25, 0.3) is 0 Å². The van der Waals surface area contributed by atoms with Crippen molar-refractivity contribution < 1.29 is 0 Å². The summed E-state index contributed by atoms with van der Waals surface area (Å²) in [5.74, 6) is 0. The summed E-state index contributed by atoms with van der Waals surface area (Å²) in [7, 11) is 0. The maximum Gasteiger partial charge on any atom is 0.0233 e. The van der Waals surface area contributed by atoms with Gasteiger partial charge in [-0.25, -0.2) is 0 Å². The number of benzene rings is 1. The van der Waals surface area contributed by atoms with E-state index in [4.69, 9.17) is 0 Å². The molecule has 0 amide bonds. The second-order valence-electron chi connectivity index (χ2n) is 11.9. The summed E-state index contributed by atoms with van der Waals surface area (Å²) >= 11 is 0. The Bertz CT molecular complexity index is 564. The van der Waals surface area contributed by atoms with Gasteiger partial charge in [0.2, 0.25) is 0 Å². The van der Waals surface area contributed by atoms with E-state index < -0.39 is 0 Å². The highest BCUT2D eigenvalue weighted by atomic mass is 15.1. The standard InChI is InChI=1S/C36H68N2/c1-5-9-11-13-15-17-19-21-23-25-30-37(7-3)33-35-28-27-29-36(32-35)34-38(8-4)31-26-24-22-20-18-16-14-12-10-6-2/h27-29,32H,5-26,30-31,33-34H2,1-4H3. The van der Waals surface area contributed by atoms with Crippen LogP contribution in [0.15, 0.2) is 24.3 Å². The zero-order valence-electron chi connectivity index (χ0n) is 26.6. The number of hydrogen-bond acceptors (Lipinski definition) is 2. The van der Waals surface area contributed by atoms with Crippen molar-refractivity contribution in [2.45, 2.75) is 169 Å². The van der Waals surface area contributed by atoms with Crippen LogP contribution in [0.5, 0.6) is 0 Å². The van der Waals surface area contributed by atoms with Crippen molar-refractivity contribution in [2.75, 3.05) is 26.2 Å². The molecule has 0 aliphatic rings. The summed E-state index contributed by atoms with van der Waals surface area (Å²) in [6.07, 6.45) is 28.4. The Morgan fingerprint density at radius 1 is 0.421 bits per heavy atom. The van der Waals surface area contributed by atoms with Gasteiger partial charge in [0.1, 0.15) is 0 Å². The molecule has 0 aromatic heterocycles. The summed E-state index contributed by atoms with van der Waals surface area (Å²) in [5, 5.41) is 0. The van der Waals surface area contributed by atoms with Crippen LogP contribution >= 0.6 is 0 Å². The third-order valence-electron chi connectivity index (χ3n) is 8.35. The summed E-state index contributed by atoms with van der Waals surface area (Å²) in [4.78, 5) is 5.29. The fraction of sp³-hybridized carbons (Fsp3) is 0.833. The molecule has 0 radical (unpaired) electrons. The van der Waals surface area contributed by atoms with E-state index in [1.54, 1.807) is 0 Å². The second kappa shape index (κ2) is 26.4. The molecule has 0 heterocycles. The van der Waals surface area contributed by atoms with E-state index in [9.17, 15) is 0 Å². The van der Waals surface area contributed by atoms with Crippen LogP contribution in [-0.2, 0) is 13.1 Å². The highest BCUT2D eigenvalue weighted by Crippen LogP contribution is 2.15. The van der Waals surface area contributed by atoms with Gasteiger partial charge in [-0.15, -0.1) is 0 Å². The van der Waals surface area contributed by atoms with Crippen molar-refractivity contribution in [1.82, 2.24) is 9.80 Å². The van der Waals surface area contributed by atoms with Crippen LogP contribution < -0.4 is 0 Å². The third kappa shape index (κ3) is 20.1. The van der Waals surface area contributed by atoms with Crippen LogP contribution in [0, 0.1) is 0 Å². The van der Waals surface area contributed by atoms with Crippen molar-refractivity contribution in [3.8, 4) is 0 Å². The molecule has 0 saturated carbocycles. The van der Waals surface area contributed by atoms with Gasteiger partial charge in [-0.2, -0.15) is 0 Å². The molecule has 38 heavy (non-hydrogen) atoms. The molecule has 0 saturated heterocycles. The van der Waals surface area contributed by atoms with Crippen LogP contribution in [-0.4, -0.2) is 36.0 Å². The van der Waals surface area contributed by atoms with E-state index in [1.807, 2.05) is 0 Å². The molecule has 0 spiro atoms. The predicted octanol–water partition coefficient (Wildman–Crippen LogP) is 11.2. The van der Waals surface area contributed by atoms with Crippen molar-refractivity contribution in [2.24, 2.45) is 0 Å². The van der Waals surface area contributed by atoms with Crippen LogP contribution in [0.3, 0.4) is 0 Å². The fourth-order valence-corrected chi connectivity index (χ4v) is 5.69. The van der Waals surface area contributed by atoms with E-state index in [-0.39, 0.29) is 0 Å². The first kappa shape index (κ1) is 35.2. The van der Waals surface area contributed by atoms with Gasteiger partial charge < -0.3 is 0 Å². The lowest BCUT2D eigenvalue weighted by Gasteiger charge is -2.23. The number of unbranched alkanes of at least 4 members (excludes halogenated alkanes) is 18. The van der Waals surface area contributed by atoms with E-state index >= 15 is 0 Å². The zero-order valence-corrected chi connectivity index (χ0v) is 26.6. The maximum absolute atomic E-state index is 2.64. The van der Waals surface area contributed by atoms with Crippen molar-refractivity contribution in [3.63, 3.8) is 0 Å². The van der Waals surface area contributed by atoms with E-state index in [0.717, 1.165) is 26.2 Å². The molecular formula is C36H68N2. The SMILES string of the molecule is CCCCCCCCCCCCN(CC)Cc1cccc(CN(CC)CCCCCCCCCCCC)c1. The molecule has 1 aromatic rings. The molecule has 0 unspecified atom stereocenters. The Balaban J connectivity index is 2.21. The lowest BCUT2D eigenvalue weighted by Crippen LogP contribution is -2.25. The van der Waals surface area contributed by atoms with Crippen LogP contribution in [0.4, 0.5) is 0 Å². The molecule has 2 nitrogen and oxygen atoms in total. The molecule has 222 valence electrons. The molecular weight excluding hydrogens is 460 g/mol. The second-order valence-corrected chi connectivity index (χ2v) is 11.9. The first-order valence-electron chi connectivity index (χ1n) is 17.3. The van der Waals surface area contributed by atoms with Gasteiger partial charge in [0.15, 0.2) is 0 Å². The Kier molecular flexibility index (Phi) is 24.4. The minimum Gasteiger partial charge on any atom is -0.299 e. The Morgan fingerprint density at radius 2 is 0.737 bits per heavy atom. The topological polar surface area (TPSA) is 6.48 Å². The van der Waals surface area contributed by atoms with Crippen molar-refractivity contribution >= 4 is 0 Å². The van der Waals surface area contributed by atoms with E-state index in [2.05, 4.69) is 61.8 Å². The molecule has 0 N–H and O–H groups in total. The van der Waals surface area contributed by atoms with Gasteiger partial charge in [-0.05, 0) is 50.1 Å². The summed E-state index contributed by atoms with van der Waals surface area (Å²) in [6, 6.07) is 9.43. The van der Waals surface area contributed by atoms with Crippen LogP contribution in [0.2, 0.25) is 0 Å². The highest BCUT2D eigenvalue weighted by molar-refractivity contribution is 5.23. The third-order valence-corrected chi connectivity index (χ3v) is 8.35. The first-order valence-corrected chi connectivity index (χ1v) is 17.3. The van der Waals surface area contributed by atoms with Gasteiger partial charge in [-0.3, -0.25) is 9.80 Å². The molecule has 2 heteroatoms. The lowest BCUT2D eigenvalue weighted by atomic mass is 10.1. The van der Waals surface area contributed by atoms with Crippen LogP contribution in [0.25, 0.3) is 0 Å². The molecule has 1 rings (SSSR count). The van der Waals surface area contributed by atoms with Gasteiger partial charge in [0, 0.05) is 13.1 Å². The van der Waals surface area contributed by atoms with Crippen LogP contribution in [0.1, 0.15) is 167 Å². The highest BCUT2D eigenvalue weighted by Gasteiger charge is 2.07. The Hall–Kier alpha value is -0.860. The fourth-order valence-electron chi connectivity index (χ4n) is 5.69. The average molecular weight is 529 g/mol. The number of nitrogens with zero attached hydrogens (tertiary/aromatic N) is 2. The summed E-state index contributed by atoms with van der Waals surface area (Å²) in [5.41, 5.74) is 2.98. The lowest BCUT2D eigenvalue weighted by molar-refractivity contribution is 0.268. The molecule has 1 aromatic carbocycles. The first-order chi connectivity index (χ1) is 18.7. The summed E-state index contributed by atoms with van der Waals surface area (Å²) < 4.78 is 0. The zero-order chi connectivity index (χ0) is 27.5. The molecule has 0 aliphatic heterocycles. The van der Waals surface area contributed by atoms with E-state index in [0.29, 0.717) is 0 Å². The van der Waals surface area contributed by atoms with E-state index in [1.165, 1.54) is 153 Å². The normalized spacial score (nSPS) is 11.7. The summed E-state index contributed by atoms with van der Waals surface area (Å²) in [6.45, 7) is 16.3. The minimum absolute atomic E-state index is 1.10. The smallest absolute Gasteiger partial charge is 0.0233 e. The maximum atomic E-state index is 2.64. The largest absolute Gasteiger partial charge is 0.299 e. The predicted molar refractivity (Wildman–Crippen MR) is 172 cm³/mol. The van der Waals surface area contributed by atoms with Crippen molar-refractivity contribution in [3.05, 3.63) is 35.4 Å². The molecule has 0 atom stereocenters. The molecule has 0 bridgehead atoms. The average Bonchev–Trinajstić information content (AvgIpc) is 2.94. The monoisotopic (exact) mass is 529 g/mol. The number of rotatable bonds is 28. The minimum atomic E-state index is 1.10. The Morgan fingerprint density at radius 3 is 1.05 bits per heavy atom. The van der Waals surface area contributed by atoms with Gasteiger partial charge in [-0.1, -0.05) is 168 Å². The Labute approximate surface area is 240 Å². The number of hydrogen-bond donors (Lipinski definition) is 0. The molecule has 0 fully saturated rings. The molecule has 0 aliphatic carbocycles. The quantitative estimate of drug-likeness (QED) is 0.0998. The van der Waals surface area contributed by atoms with Crippen molar-refractivity contribution in [1.29, 1.82) is 0 Å².